The SMILES string of the molecule is O=C(Cn1ncccc1=O)Nc1cnc(N2CCOCC2)nc1. The van der Waals surface area contributed by atoms with E-state index in [1.54, 1.807) is 0 Å². The lowest BCUT2D eigenvalue weighted by atomic mass is 10.4. The van der Waals surface area contributed by atoms with Crippen LogP contribution in [0, 0.1) is 0 Å². The summed E-state index contributed by atoms with van der Waals surface area (Å²) in [6.07, 6.45) is 4.53. The van der Waals surface area contributed by atoms with Crippen molar-refractivity contribution < 1.29 is 9.53 Å². The Morgan fingerprint density at radius 3 is 2.70 bits per heavy atom. The van der Waals surface area contributed by atoms with Crippen LogP contribution in [-0.4, -0.2) is 52.0 Å². The average molecular weight is 316 g/mol. The van der Waals surface area contributed by atoms with Gasteiger partial charge in [0, 0.05) is 25.4 Å². The van der Waals surface area contributed by atoms with E-state index in [0.717, 1.165) is 17.8 Å². The molecule has 0 unspecified atom stereocenters. The normalized spacial score (nSPS) is 14.5. The molecule has 23 heavy (non-hydrogen) atoms. The maximum absolute atomic E-state index is 11.9. The average Bonchev–Trinajstić information content (AvgIpc) is 2.58. The lowest BCUT2D eigenvalue weighted by Crippen LogP contribution is -2.37. The summed E-state index contributed by atoms with van der Waals surface area (Å²) in [7, 11) is 0. The van der Waals surface area contributed by atoms with Crippen molar-refractivity contribution in [2.24, 2.45) is 0 Å². The van der Waals surface area contributed by atoms with Crippen LogP contribution in [0.5, 0.6) is 0 Å². The predicted molar refractivity (Wildman–Crippen MR) is 82.2 cm³/mol. The van der Waals surface area contributed by atoms with Crippen molar-refractivity contribution in [3.63, 3.8) is 0 Å². The molecule has 0 aliphatic carbocycles. The minimum Gasteiger partial charge on any atom is -0.378 e. The zero-order valence-corrected chi connectivity index (χ0v) is 12.4. The zero-order chi connectivity index (χ0) is 16.1. The highest BCUT2D eigenvalue weighted by Crippen LogP contribution is 2.11. The van der Waals surface area contributed by atoms with E-state index in [4.69, 9.17) is 4.74 Å². The molecule has 3 heterocycles. The Morgan fingerprint density at radius 2 is 2.00 bits per heavy atom. The number of hydrogen-bond acceptors (Lipinski definition) is 7. The third-order valence-electron chi connectivity index (χ3n) is 3.29. The number of ether oxygens (including phenoxy) is 1. The zero-order valence-electron chi connectivity index (χ0n) is 12.4. The number of amides is 1. The van der Waals surface area contributed by atoms with Crippen molar-refractivity contribution in [2.75, 3.05) is 36.5 Å². The molecule has 0 atom stereocenters. The van der Waals surface area contributed by atoms with Crippen LogP contribution >= 0.6 is 0 Å². The second-order valence-corrected chi connectivity index (χ2v) is 4.94. The number of aromatic nitrogens is 4. The van der Waals surface area contributed by atoms with Gasteiger partial charge in [0.1, 0.15) is 6.54 Å². The summed E-state index contributed by atoms with van der Waals surface area (Å²) in [5, 5.41) is 6.47. The summed E-state index contributed by atoms with van der Waals surface area (Å²) in [5.41, 5.74) is 0.137. The topological polar surface area (TPSA) is 102 Å². The van der Waals surface area contributed by atoms with Gasteiger partial charge in [-0.3, -0.25) is 9.59 Å². The second kappa shape index (κ2) is 6.97. The molecule has 9 nitrogen and oxygen atoms in total. The van der Waals surface area contributed by atoms with Gasteiger partial charge < -0.3 is 15.0 Å². The molecule has 2 aromatic rings. The van der Waals surface area contributed by atoms with Gasteiger partial charge in [0.2, 0.25) is 11.9 Å². The summed E-state index contributed by atoms with van der Waals surface area (Å²) in [6.45, 7) is 2.63. The molecule has 0 saturated carbocycles. The summed E-state index contributed by atoms with van der Waals surface area (Å²) >= 11 is 0. The van der Waals surface area contributed by atoms with Crippen molar-refractivity contribution in [3.05, 3.63) is 41.1 Å². The van der Waals surface area contributed by atoms with E-state index < -0.39 is 0 Å². The standard InChI is InChI=1S/C14H16N6O3/c21-12(10-20-13(22)2-1-3-17-20)18-11-8-15-14(16-9-11)19-4-6-23-7-5-19/h1-3,8-9H,4-7,10H2,(H,18,21). The van der Waals surface area contributed by atoms with Gasteiger partial charge in [0.05, 0.1) is 31.3 Å². The first-order valence-corrected chi connectivity index (χ1v) is 7.19. The Balaban J connectivity index is 1.60. The highest BCUT2D eigenvalue weighted by Gasteiger charge is 2.13. The smallest absolute Gasteiger partial charge is 0.267 e. The third-order valence-corrected chi connectivity index (χ3v) is 3.29. The fourth-order valence-electron chi connectivity index (χ4n) is 2.15. The van der Waals surface area contributed by atoms with Crippen LogP contribution in [-0.2, 0) is 16.1 Å². The fourth-order valence-corrected chi connectivity index (χ4v) is 2.15. The summed E-state index contributed by atoms with van der Waals surface area (Å²) in [4.78, 5) is 33.9. The maximum atomic E-state index is 11.9. The van der Waals surface area contributed by atoms with Gasteiger partial charge in [-0.2, -0.15) is 5.10 Å². The van der Waals surface area contributed by atoms with Crippen molar-refractivity contribution in [1.29, 1.82) is 0 Å². The van der Waals surface area contributed by atoms with Crippen LogP contribution in [0.2, 0.25) is 0 Å². The Morgan fingerprint density at radius 1 is 1.26 bits per heavy atom. The maximum Gasteiger partial charge on any atom is 0.267 e. The third kappa shape index (κ3) is 3.89. The lowest BCUT2D eigenvalue weighted by molar-refractivity contribution is -0.117. The predicted octanol–water partition coefficient (Wildman–Crippen LogP) is -0.491. The van der Waals surface area contributed by atoms with E-state index in [1.165, 1.54) is 30.7 Å². The molecule has 2 aromatic heterocycles. The molecule has 1 fully saturated rings. The number of morpholine rings is 1. The molecule has 9 heteroatoms. The van der Waals surface area contributed by atoms with Gasteiger partial charge in [-0.1, -0.05) is 0 Å². The van der Waals surface area contributed by atoms with Gasteiger partial charge >= 0.3 is 0 Å². The molecule has 1 amide bonds. The lowest BCUT2D eigenvalue weighted by Gasteiger charge is -2.26. The van der Waals surface area contributed by atoms with Gasteiger partial charge in [-0.25, -0.2) is 14.6 Å². The van der Waals surface area contributed by atoms with Crippen molar-refractivity contribution >= 4 is 17.5 Å². The Labute approximate surface area is 131 Å². The number of carbonyl (C=O) groups excluding carboxylic acids is 1. The summed E-state index contributed by atoms with van der Waals surface area (Å²) in [5.74, 6) is 0.237. The van der Waals surface area contributed by atoms with Crippen molar-refractivity contribution in [1.82, 2.24) is 19.7 Å². The van der Waals surface area contributed by atoms with Crippen LogP contribution in [0.4, 0.5) is 11.6 Å². The van der Waals surface area contributed by atoms with Gasteiger partial charge in [0.25, 0.3) is 5.56 Å². The minimum atomic E-state index is -0.367. The van der Waals surface area contributed by atoms with E-state index in [9.17, 15) is 9.59 Å². The Hall–Kier alpha value is -2.81. The Kier molecular flexibility index (Phi) is 4.57. The summed E-state index contributed by atoms with van der Waals surface area (Å²) in [6, 6.07) is 2.87. The number of nitrogens with zero attached hydrogens (tertiary/aromatic N) is 5. The van der Waals surface area contributed by atoms with Gasteiger partial charge in [0.15, 0.2) is 0 Å². The minimum absolute atomic E-state index is 0.162. The molecule has 0 spiro atoms. The second-order valence-electron chi connectivity index (χ2n) is 4.94. The first kappa shape index (κ1) is 15.1. The number of hydrogen-bond donors (Lipinski definition) is 1. The van der Waals surface area contributed by atoms with Crippen molar-refractivity contribution in [2.45, 2.75) is 6.54 Å². The number of carbonyl (C=O) groups is 1. The molecular formula is C14H16N6O3. The van der Waals surface area contributed by atoms with Gasteiger partial charge in [-0.15, -0.1) is 0 Å². The number of rotatable bonds is 4. The van der Waals surface area contributed by atoms with Crippen molar-refractivity contribution in [3.8, 4) is 0 Å². The number of anilines is 2. The van der Waals surface area contributed by atoms with Crippen LogP contribution < -0.4 is 15.8 Å². The molecule has 1 saturated heterocycles. The molecule has 0 radical (unpaired) electrons. The first-order chi connectivity index (χ1) is 11.2. The van der Waals surface area contributed by atoms with Crippen LogP contribution in [0.15, 0.2) is 35.5 Å². The van der Waals surface area contributed by atoms with E-state index >= 15 is 0 Å². The molecule has 120 valence electrons. The van der Waals surface area contributed by atoms with Crippen LogP contribution in [0.3, 0.4) is 0 Å². The first-order valence-electron chi connectivity index (χ1n) is 7.19. The molecule has 0 bridgehead atoms. The van der Waals surface area contributed by atoms with E-state index in [-0.39, 0.29) is 18.0 Å². The molecule has 1 aliphatic heterocycles. The quantitative estimate of drug-likeness (QED) is 0.812. The fraction of sp³-hybridized carbons (Fsp3) is 0.357. The highest BCUT2D eigenvalue weighted by molar-refractivity contribution is 5.90. The molecule has 1 aliphatic rings. The van der Waals surface area contributed by atoms with E-state index in [1.807, 2.05) is 4.90 Å². The molecular weight excluding hydrogens is 300 g/mol. The van der Waals surface area contributed by atoms with Crippen LogP contribution in [0.25, 0.3) is 0 Å². The largest absolute Gasteiger partial charge is 0.378 e. The van der Waals surface area contributed by atoms with Gasteiger partial charge in [-0.05, 0) is 6.07 Å². The molecule has 3 rings (SSSR count). The Bertz CT molecular complexity index is 724. The van der Waals surface area contributed by atoms with E-state index in [0.29, 0.717) is 24.8 Å². The van der Waals surface area contributed by atoms with E-state index in [2.05, 4.69) is 20.4 Å². The highest BCUT2D eigenvalue weighted by atomic mass is 16.5. The van der Waals surface area contributed by atoms with Crippen LogP contribution in [0.1, 0.15) is 0 Å². The molecule has 0 aromatic carbocycles. The summed E-state index contributed by atoms with van der Waals surface area (Å²) < 4.78 is 6.36. The monoisotopic (exact) mass is 316 g/mol. The number of nitrogens with one attached hydrogen (secondary N) is 1. The molecule has 1 N–H and O–H groups in total.